The molecule has 0 saturated carbocycles. The molecule has 1 spiro atoms. The molecule has 2 aromatic carbocycles. The normalized spacial score (nSPS) is 26.6. The molecule has 1 aliphatic carbocycles. The Morgan fingerprint density at radius 2 is 1.79 bits per heavy atom. The summed E-state index contributed by atoms with van der Waals surface area (Å²) in [6, 6.07) is 12.0. The summed E-state index contributed by atoms with van der Waals surface area (Å²) in [5, 5.41) is 11.1. The van der Waals surface area contributed by atoms with E-state index >= 15 is 0 Å². The highest BCUT2D eigenvalue weighted by Gasteiger charge is 2.43. The zero-order chi connectivity index (χ0) is 26.9. The molecule has 2 bridgehead atoms. The van der Waals surface area contributed by atoms with Crippen molar-refractivity contribution in [3.05, 3.63) is 58.1 Å². The van der Waals surface area contributed by atoms with Crippen LogP contribution in [0.5, 0.6) is 5.75 Å². The molecule has 7 heteroatoms. The molecule has 2 aliphatic heterocycles. The van der Waals surface area contributed by atoms with Gasteiger partial charge < -0.3 is 19.6 Å². The Hall–Kier alpha value is -2.73. The second-order valence-electron chi connectivity index (χ2n) is 11.7. The Kier molecular flexibility index (Phi) is 7.63. The van der Waals surface area contributed by atoms with Crippen LogP contribution in [0.15, 0.2) is 36.4 Å². The molecule has 0 unspecified atom stereocenters. The molecule has 2 aromatic rings. The van der Waals surface area contributed by atoms with Crippen molar-refractivity contribution in [2.75, 3.05) is 38.2 Å². The van der Waals surface area contributed by atoms with Crippen molar-refractivity contribution in [2.24, 2.45) is 0 Å². The highest BCUT2D eigenvalue weighted by Crippen LogP contribution is 2.45. The van der Waals surface area contributed by atoms with E-state index in [1.54, 1.807) is 18.9 Å². The molecule has 6 nitrogen and oxygen atoms in total. The lowest BCUT2D eigenvalue weighted by molar-refractivity contribution is -0.147. The van der Waals surface area contributed by atoms with E-state index in [2.05, 4.69) is 17.0 Å². The lowest BCUT2D eigenvalue weighted by atomic mass is 9.70. The van der Waals surface area contributed by atoms with Crippen molar-refractivity contribution in [3.8, 4) is 5.75 Å². The zero-order valence-electron chi connectivity index (χ0n) is 22.6. The highest BCUT2D eigenvalue weighted by molar-refractivity contribution is 6.30. The van der Waals surface area contributed by atoms with Gasteiger partial charge in [-0.1, -0.05) is 43.0 Å². The molecule has 2 heterocycles. The monoisotopic (exact) mass is 538 g/mol. The van der Waals surface area contributed by atoms with E-state index in [0.717, 1.165) is 80.9 Å². The van der Waals surface area contributed by atoms with Crippen LogP contribution >= 0.6 is 11.6 Å². The molecule has 204 valence electrons. The van der Waals surface area contributed by atoms with Gasteiger partial charge in [-0.25, -0.2) is 0 Å². The Balaban J connectivity index is 1.57. The first-order chi connectivity index (χ1) is 18.2. The second-order valence-corrected chi connectivity index (χ2v) is 12.2. The standard InChI is InChI=1S/C31H39ClN2O4/c1-30(29(36)37)19-28(35)33(2)15-6-4-3-5-7-16-34-20-31(21-38-27-13-10-23(30)18-26(27)34)14-8-9-22-17-24(32)11-12-25(22)31/h10-13,17-18H,3-9,14-16,19-21H2,1-2H3,(H,36,37)/t30-,31-/m0/s1. The molecular weight excluding hydrogens is 500 g/mol. The predicted molar refractivity (Wildman–Crippen MR) is 151 cm³/mol. The summed E-state index contributed by atoms with van der Waals surface area (Å²) in [7, 11) is 1.78. The summed E-state index contributed by atoms with van der Waals surface area (Å²) in [6.07, 6.45) is 8.36. The first-order valence-electron chi connectivity index (χ1n) is 14.0. The predicted octanol–water partition coefficient (Wildman–Crippen LogP) is 5.97. The summed E-state index contributed by atoms with van der Waals surface area (Å²) in [5.41, 5.74) is 2.71. The fraction of sp³-hybridized carbons (Fsp3) is 0.548. The molecule has 38 heavy (non-hydrogen) atoms. The molecule has 3 aliphatic rings. The number of ether oxygens (including phenoxy) is 1. The number of carboxylic acids is 1. The number of carbonyl (C=O) groups excluding carboxylic acids is 1. The SMILES string of the molecule is CN1CCCCCCCN2C[C@@]3(CCCc4cc(Cl)ccc43)COc3ccc(cc32)[C@@](C)(C(=O)O)CC1=O. The van der Waals surface area contributed by atoms with Gasteiger partial charge in [-0.2, -0.15) is 0 Å². The van der Waals surface area contributed by atoms with Crippen molar-refractivity contribution in [3.63, 3.8) is 0 Å². The minimum atomic E-state index is -1.33. The molecule has 1 N–H and O–H groups in total. The molecular formula is C31H39ClN2O4. The summed E-state index contributed by atoms with van der Waals surface area (Å²) in [6.45, 7) is 4.59. The topological polar surface area (TPSA) is 70.1 Å². The largest absolute Gasteiger partial charge is 0.490 e. The number of hydrogen-bond acceptors (Lipinski definition) is 4. The number of halogens is 1. The van der Waals surface area contributed by atoms with Crippen molar-refractivity contribution in [2.45, 2.75) is 75.5 Å². The van der Waals surface area contributed by atoms with Gasteiger partial charge in [0.05, 0.1) is 17.7 Å². The molecule has 1 amide bonds. The number of benzene rings is 2. The minimum Gasteiger partial charge on any atom is -0.490 e. The maximum absolute atomic E-state index is 13.1. The zero-order valence-corrected chi connectivity index (χ0v) is 23.4. The van der Waals surface area contributed by atoms with E-state index in [9.17, 15) is 14.7 Å². The quantitative estimate of drug-likeness (QED) is 0.484. The summed E-state index contributed by atoms with van der Waals surface area (Å²) >= 11 is 6.37. The van der Waals surface area contributed by atoms with Gasteiger partial charge in [-0.3, -0.25) is 9.59 Å². The third-order valence-electron chi connectivity index (χ3n) is 9.00. The number of amides is 1. The van der Waals surface area contributed by atoms with Crippen LogP contribution in [0.2, 0.25) is 5.02 Å². The van der Waals surface area contributed by atoms with Crippen molar-refractivity contribution in [1.82, 2.24) is 4.90 Å². The van der Waals surface area contributed by atoms with E-state index < -0.39 is 11.4 Å². The fourth-order valence-electron chi connectivity index (χ4n) is 6.54. The van der Waals surface area contributed by atoms with Crippen LogP contribution in [-0.2, 0) is 26.8 Å². The van der Waals surface area contributed by atoms with Gasteiger partial charge in [0.25, 0.3) is 0 Å². The lowest BCUT2D eigenvalue weighted by Gasteiger charge is -2.41. The van der Waals surface area contributed by atoms with E-state index in [0.29, 0.717) is 18.7 Å². The summed E-state index contributed by atoms with van der Waals surface area (Å²) in [5.74, 6) is -0.337. The molecule has 2 atom stereocenters. The average molecular weight is 539 g/mol. The molecule has 5 rings (SSSR count). The van der Waals surface area contributed by atoms with Crippen molar-refractivity contribution in [1.29, 1.82) is 0 Å². The first-order valence-corrected chi connectivity index (χ1v) is 14.4. The van der Waals surface area contributed by atoms with Crippen LogP contribution in [0.25, 0.3) is 0 Å². The number of nitrogens with zero attached hydrogens (tertiary/aromatic N) is 2. The number of carboxylic acid groups (broad SMARTS) is 1. The molecule has 0 radical (unpaired) electrons. The summed E-state index contributed by atoms with van der Waals surface area (Å²) < 4.78 is 6.55. The number of aryl methyl sites for hydroxylation is 1. The van der Waals surface area contributed by atoms with Gasteiger partial charge >= 0.3 is 5.97 Å². The first kappa shape index (κ1) is 26.9. The number of aliphatic carboxylic acids is 1. The van der Waals surface area contributed by atoms with Gasteiger partial charge in [0.1, 0.15) is 5.75 Å². The van der Waals surface area contributed by atoms with Crippen LogP contribution in [-0.4, -0.2) is 55.2 Å². The number of fused-ring (bicyclic) bond motifs is 3. The molecule has 0 saturated heterocycles. The van der Waals surface area contributed by atoms with E-state index in [1.807, 2.05) is 24.3 Å². The maximum Gasteiger partial charge on any atom is 0.314 e. The van der Waals surface area contributed by atoms with Crippen molar-refractivity contribution >= 4 is 29.2 Å². The van der Waals surface area contributed by atoms with Gasteiger partial charge in [-0.05, 0) is 80.0 Å². The van der Waals surface area contributed by atoms with Gasteiger partial charge in [0.15, 0.2) is 0 Å². The van der Waals surface area contributed by atoms with Crippen LogP contribution in [0.1, 0.15) is 75.0 Å². The van der Waals surface area contributed by atoms with E-state index in [1.165, 1.54) is 11.1 Å². The highest BCUT2D eigenvalue weighted by atomic mass is 35.5. The third kappa shape index (κ3) is 5.12. The number of carbonyl (C=O) groups is 2. The minimum absolute atomic E-state index is 0.0729. The number of rotatable bonds is 1. The van der Waals surface area contributed by atoms with Crippen LogP contribution in [0.3, 0.4) is 0 Å². The number of hydrogen-bond donors (Lipinski definition) is 1. The summed E-state index contributed by atoms with van der Waals surface area (Å²) in [4.78, 5) is 29.8. The second kappa shape index (κ2) is 10.8. The van der Waals surface area contributed by atoms with Crippen molar-refractivity contribution < 1.29 is 19.4 Å². The smallest absolute Gasteiger partial charge is 0.314 e. The number of anilines is 1. The average Bonchev–Trinajstić information content (AvgIpc) is 3.04. The molecule has 0 aromatic heterocycles. The maximum atomic E-state index is 13.1. The lowest BCUT2D eigenvalue weighted by Crippen LogP contribution is -2.46. The Bertz CT molecular complexity index is 1220. The third-order valence-corrected chi connectivity index (χ3v) is 9.23. The van der Waals surface area contributed by atoms with Crippen LogP contribution in [0.4, 0.5) is 5.69 Å². The van der Waals surface area contributed by atoms with Gasteiger partial charge in [0.2, 0.25) is 5.91 Å². The van der Waals surface area contributed by atoms with Gasteiger partial charge in [0, 0.05) is 43.5 Å². The molecule has 0 fully saturated rings. The van der Waals surface area contributed by atoms with E-state index in [-0.39, 0.29) is 17.7 Å². The Morgan fingerprint density at radius 1 is 1.03 bits per heavy atom. The fourth-order valence-corrected chi connectivity index (χ4v) is 6.73. The van der Waals surface area contributed by atoms with Gasteiger partial charge in [-0.15, -0.1) is 0 Å². The Morgan fingerprint density at radius 3 is 2.58 bits per heavy atom. The Labute approximate surface area is 230 Å². The van der Waals surface area contributed by atoms with Crippen LogP contribution in [0, 0.1) is 0 Å². The van der Waals surface area contributed by atoms with E-state index in [4.69, 9.17) is 16.3 Å². The van der Waals surface area contributed by atoms with Crippen LogP contribution < -0.4 is 9.64 Å².